The quantitative estimate of drug-likeness (QED) is 0.627. The lowest BCUT2D eigenvalue weighted by Gasteiger charge is -2.13. The summed E-state index contributed by atoms with van der Waals surface area (Å²) in [6.07, 6.45) is -5.06. The van der Waals surface area contributed by atoms with Crippen LogP contribution in [0.5, 0.6) is 0 Å². The van der Waals surface area contributed by atoms with Crippen LogP contribution in [0.4, 0.5) is 24.7 Å². The Morgan fingerprint density at radius 2 is 1.80 bits per heavy atom. The number of aromatic nitrogens is 1. The van der Waals surface area contributed by atoms with Gasteiger partial charge in [0.05, 0.1) is 10.5 Å². The van der Waals surface area contributed by atoms with Crippen molar-refractivity contribution >= 4 is 11.5 Å². The second-order valence-electron chi connectivity index (χ2n) is 4.67. The zero-order valence-corrected chi connectivity index (χ0v) is 12.0. The van der Waals surface area contributed by atoms with Crippen LogP contribution in [0.1, 0.15) is 16.7 Å². The Balaban J connectivity index is 3.10. The van der Waals surface area contributed by atoms with Crippen LogP contribution >= 0.6 is 0 Å². The number of H-pyrrole nitrogens is 1. The molecule has 0 bridgehead atoms. The minimum absolute atomic E-state index is 0.482. The van der Waals surface area contributed by atoms with Crippen molar-refractivity contribution in [1.29, 1.82) is 10.5 Å². The zero-order chi connectivity index (χ0) is 18.9. The Bertz CT molecular complexity index is 1030. The van der Waals surface area contributed by atoms with E-state index in [0.29, 0.717) is 6.07 Å². The lowest BCUT2D eigenvalue weighted by atomic mass is 9.93. The van der Waals surface area contributed by atoms with Gasteiger partial charge in [0.15, 0.2) is 0 Å². The summed E-state index contributed by atoms with van der Waals surface area (Å²) in [5.41, 5.74) is -1.21. The molecule has 1 heterocycles. The van der Waals surface area contributed by atoms with Gasteiger partial charge < -0.3 is 10.7 Å². The summed E-state index contributed by atoms with van der Waals surface area (Å²) in [7, 11) is 0. The molecule has 11 heteroatoms. The summed E-state index contributed by atoms with van der Waals surface area (Å²) in [6.45, 7) is 0. The summed E-state index contributed by atoms with van der Waals surface area (Å²) < 4.78 is 39.3. The van der Waals surface area contributed by atoms with Crippen LogP contribution in [0.15, 0.2) is 23.0 Å². The number of benzene rings is 1. The first-order chi connectivity index (χ1) is 11.6. The van der Waals surface area contributed by atoms with Gasteiger partial charge in [-0.1, -0.05) is 6.07 Å². The summed E-state index contributed by atoms with van der Waals surface area (Å²) in [5, 5.41) is 29.5. The summed E-state index contributed by atoms with van der Waals surface area (Å²) in [6, 6.07) is 5.23. The highest BCUT2D eigenvalue weighted by Gasteiger charge is 2.40. The minimum atomic E-state index is -5.06. The van der Waals surface area contributed by atoms with Crippen LogP contribution in [-0.4, -0.2) is 9.91 Å². The molecule has 2 rings (SSSR count). The summed E-state index contributed by atoms with van der Waals surface area (Å²) in [5.74, 6) is -0.520. The predicted molar refractivity (Wildman–Crippen MR) is 78.0 cm³/mol. The molecule has 0 saturated carbocycles. The van der Waals surface area contributed by atoms with Crippen molar-refractivity contribution < 1.29 is 18.1 Å². The molecular formula is C14H6F3N5O3. The van der Waals surface area contributed by atoms with Gasteiger partial charge in [0.2, 0.25) is 0 Å². The largest absolute Gasteiger partial charge is 0.423 e. The first-order valence-electron chi connectivity index (χ1n) is 6.34. The number of aromatic amines is 1. The van der Waals surface area contributed by atoms with E-state index in [1.54, 1.807) is 0 Å². The zero-order valence-electron chi connectivity index (χ0n) is 12.0. The van der Waals surface area contributed by atoms with E-state index in [2.05, 4.69) is 0 Å². The van der Waals surface area contributed by atoms with Gasteiger partial charge in [-0.3, -0.25) is 14.9 Å². The number of alkyl halides is 3. The number of nitro groups is 1. The molecule has 25 heavy (non-hydrogen) atoms. The van der Waals surface area contributed by atoms with Gasteiger partial charge in [-0.2, -0.15) is 23.7 Å². The topological polar surface area (TPSA) is 150 Å². The monoisotopic (exact) mass is 349 g/mol. The van der Waals surface area contributed by atoms with Gasteiger partial charge in [0.25, 0.3) is 11.2 Å². The smallest absolute Gasteiger partial charge is 0.384 e. The van der Waals surface area contributed by atoms with Crippen molar-refractivity contribution in [3.05, 3.63) is 55.4 Å². The lowest BCUT2D eigenvalue weighted by Crippen LogP contribution is -2.17. The van der Waals surface area contributed by atoms with Crippen LogP contribution < -0.4 is 11.3 Å². The molecule has 0 saturated heterocycles. The molecule has 8 nitrogen and oxygen atoms in total. The first-order valence-corrected chi connectivity index (χ1v) is 6.34. The van der Waals surface area contributed by atoms with Crippen molar-refractivity contribution in [3.63, 3.8) is 0 Å². The van der Waals surface area contributed by atoms with Crippen LogP contribution in [0.3, 0.4) is 0 Å². The second-order valence-corrected chi connectivity index (χ2v) is 4.67. The lowest BCUT2D eigenvalue weighted by molar-refractivity contribution is -0.387. The maximum atomic E-state index is 13.1. The number of rotatable bonds is 2. The number of pyridine rings is 1. The number of hydrogen-bond acceptors (Lipinski definition) is 6. The molecule has 2 aromatic rings. The molecule has 0 atom stereocenters. The van der Waals surface area contributed by atoms with Crippen molar-refractivity contribution in [2.24, 2.45) is 0 Å². The van der Waals surface area contributed by atoms with Crippen LogP contribution in [-0.2, 0) is 6.18 Å². The Morgan fingerprint density at radius 1 is 1.20 bits per heavy atom. The van der Waals surface area contributed by atoms with Crippen molar-refractivity contribution in [2.75, 3.05) is 5.73 Å². The number of nitrogen functional groups attached to an aromatic ring is 1. The SMILES string of the molecule is N#Cc1c(N)[nH]c(=O)c(C#N)c1-c1cccc(C(F)(F)F)c1[N+](=O)[O-]. The molecule has 0 aliphatic carbocycles. The van der Waals surface area contributed by atoms with Crippen molar-refractivity contribution in [2.45, 2.75) is 6.18 Å². The van der Waals surface area contributed by atoms with E-state index in [4.69, 9.17) is 11.0 Å². The Kier molecular flexibility index (Phi) is 4.18. The van der Waals surface area contributed by atoms with Gasteiger partial charge in [-0.15, -0.1) is 0 Å². The molecule has 0 aliphatic rings. The number of nitrogens with two attached hydrogens (primary N) is 1. The van der Waals surface area contributed by atoms with E-state index < -0.39 is 56.0 Å². The minimum Gasteiger partial charge on any atom is -0.384 e. The number of nitro benzene ring substituents is 1. The molecule has 0 fully saturated rings. The molecule has 0 spiro atoms. The van der Waals surface area contributed by atoms with Gasteiger partial charge >= 0.3 is 6.18 Å². The maximum absolute atomic E-state index is 13.1. The number of hydrogen-bond donors (Lipinski definition) is 2. The molecule has 1 aromatic heterocycles. The number of halogens is 3. The number of nitriles is 2. The third kappa shape index (κ3) is 2.86. The van der Waals surface area contributed by atoms with Gasteiger partial charge in [0, 0.05) is 5.56 Å². The number of para-hydroxylation sites is 1. The molecule has 1 aromatic carbocycles. The van der Waals surface area contributed by atoms with E-state index in [1.807, 2.05) is 4.98 Å². The molecule has 0 radical (unpaired) electrons. The van der Waals surface area contributed by atoms with Crippen LogP contribution in [0.25, 0.3) is 11.1 Å². The van der Waals surface area contributed by atoms with Crippen LogP contribution in [0, 0.1) is 32.8 Å². The average Bonchev–Trinajstić information content (AvgIpc) is 2.52. The fourth-order valence-electron chi connectivity index (χ4n) is 2.28. The van der Waals surface area contributed by atoms with Gasteiger partial charge in [0.1, 0.15) is 34.6 Å². The van der Waals surface area contributed by atoms with E-state index in [1.165, 1.54) is 12.1 Å². The number of nitrogens with one attached hydrogen (secondary N) is 1. The predicted octanol–water partition coefficient (Wildman–Crippen LogP) is 2.29. The van der Waals surface area contributed by atoms with E-state index in [0.717, 1.165) is 12.1 Å². The Labute approximate surface area is 136 Å². The highest BCUT2D eigenvalue weighted by atomic mass is 19.4. The second kappa shape index (κ2) is 5.98. The molecule has 0 aliphatic heterocycles. The molecule has 126 valence electrons. The van der Waals surface area contributed by atoms with E-state index >= 15 is 0 Å². The van der Waals surface area contributed by atoms with E-state index in [-0.39, 0.29) is 0 Å². The van der Waals surface area contributed by atoms with Gasteiger partial charge in [-0.05, 0) is 12.1 Å². The molecule has 3 N–H and O–H groups in total. The molecule has 0 amide bonds. The molecule has 0 unspecified atom stereocenters. The van der Waals surface area contributed by atoms with E-state index in [9.17, 15) is 33.3 Å². The standard InChI is InChI=1S/C14H6F3N5O3/c15-14(16,17)9-3-1-2-6(11(9)22(24)25)10-7(4-18)12(20)21-13(23)8(10)5-19/h1-3H,(H3,20,21,23). The Hall–Kier alpha value is -3.86. The average molecular weight is 349 g/mol. The molecular weight excluding hydrogens is 343 g/mol. The fraction of sp³-hybridized carbons (Fsp3) is 0.0714. The fourth-order valence-corrected chi connectivity index (χ4v) is 2.28. The third-order valence-electron chi connectivity index (χ3n) is 3.26. The highest BCUT2D eigenvalue weighted by Crippen LogP contribution is 2.43. The normalized spacial score (nSPS) is 10.8. The van der Waals surface area contributed by atoms with Crippen molar-refractivity contribution in [3.8, 4) is 23.3 Å². The first kappa shape index (κ1) is 17.5. The third-order valence-corrected chi connectivity index (χ3v) is 3.26. The number of anilines is 1. The number of nitrogens with zero attached hydrogens (tertiary/aromatic N) is 3. The summed E-state index contributed by atoms with van der Waals surface area (Å²) in [4.78, 5) is 23.8. The Morgan fingerprint density at radius 3 is 2.28 bits per heavy atom. The van der Waals surface area contributed by atoms with Gasteiger partial charge in [-0.25, -0.2) is 0 Å². The van der Waals surface area contributed by atoms with Crippen LogP contribution in [0.2, 0.25) is 0 Å². The highest BCUT2D eigenvalue weighted by molar-refractivity contribution is 5.86. The maximum Gasteiger partial charge on any atom is 0.423 e. The van der Waals surface area contributed by atoms with Crippen molar-refractivity contribution in [1.82, 2.24) is 4.98 Å². The summed E-state index contributed by atoms with van der Waals surface area (Å²) >= 11 is 0.